The molecule has 0 radical (unpaired) electrons. The molecule has 0 saturated heterocycles. The van der Waals surface area contributed by atoms with Gasteiger partial charge >= 0.3 is 0 Å². The van der Waals surface area contributed by atoms with Crippen LogP contribution in [0.1, 0.15) is 55.6 Å². The highest BCUT2D eigenvalue weighted by Gasteiger charge is 2.51. The first kappa shape index (κ1) is 21.4. The van der Waals surface area contributed by atoms with Crippen molar-refractivity contribution in [2.24, 2.45) is 0 Å². The van der Waals surface area contributed by atoms with Gasteiger partial charge in [0, 0.05) is 16.7 Å². The van der Waals surface area contributed by atoms with Crippen molar-refractivity contribution in [1.29, 1.82) is 0 Å². The molecule has 0 spiro atoms. The maximum absolute atomic E-state index is 12.7. The van der Waals surface area contributed by atoms with Crippen LogP contribution in [0.3, 0.4) is 0 Å². The Bertz CT molecular complexity index is 899. The minimum atomic E-state index is -0.945. The molecule has 1 aromatic carbocycles. The molecular weight excluding hydrogens is 376 g/mol. The largest absolute Gasteiger partial charge is 0.507 e. The Balaban J connectivity index is 2.13. The molecule has 29 heavy (non-hydrogen) atoms. The molecule has 1 aromatic rings. The van der Waals surface area contributed by atoms with Crippen molar-refractivity contribution < 1.29 is 34.7 Å². The number of hydrogen-bond acceptors (Lipinski definition) is 7. The summed E-state index contributed by atoms with van der Waals surface area (Å²) in [7, 11) is 0. The van der Waals surface area contributed by atoms with E-state index in [1.807, 2.05) is 0 Å². The maximum Gasteiger partial charge on any atom is 0.227 e. The number of benzene rings is 1. The van der Waals surface area contributed by atoms with Crippen LogP contribution in [0.15, 0.2) is 29.0 Å². The highest BCUT2D eigenvalue weighted by atomic mass is 16.5. The first-order valence-electron chi connectivity index (χ1n) is 9.64. The minimum absolute atomic E-state index is 0.0801. The van der Waals surface area contributed by atoms with E-state index in [-0.39, 0.29) is 37.6 Å². The Labute approximate surface area is 169 Å². The average molecular weight is 404 g/mol. The lowest BCUT2D eigenvalue weighted by Gasteiger charge is -2.33. The van der Waals surface area contributed by atoms with E-state index in [2.05, 4.69) is 0 Å². The number of ether oxygens (including phenoxy) is 2. The van der Waals surface area contributed by atoms with Crippen molar-refractivity contribution in [3.05, 3.63) is 45.7 Å². The summed E-state index contributed by atoms with van der Waals surface area (Å²) in [5.41, 5.74) is 1.20. The molecule has 2 heterocycles. The van der Waals surface area contributed by atoms with Crippen LogP contribution in [0.25, 0.3) is 0 Å². The summed E-state index contributed by atoms with van der Waals surface area (Å²) in [6, 6.07) is 1.32. The van der Waals surface area contributed by atoms with Crippen LogP contribution in [0, 0.1) is 0 Å². The second-order valence-corrected chi connectivity index (χ2v) is 8.08. The maximum atomic E-state index is 12.7. The summed E-state index contributed by atoms with van der Waals surface area (Å²) >= 11 is 0. The van der Waals surface area contributed by atoms with Crippen LogP contribution in [0.5, 0.6) is 11.5 Å². The molecule has 0 fully saturated rings. The molecule has 0 aromatic heterocycles. The lowest BCUT2D eigenvalue weighted by atomic mass is 9.72. The van der Waals surface area contributed by atoms with Gasteiger partial charge in [-0.05, 0) is 45.8 Å². The number of phenolic OH excluding ortho intramolecular Hbond substituents is 1. The van der Waals surface area contributed by atoms with E-state index in [4.69, 9.17) is 9.47 Å². The van der Waals surface area contributed by atoms with Gasteiger partial charge in [-0.2, -0.15) is 0 Å². The first-order valence-corrected chi connectivity index (χ1v) is 9.64. The Morgan fingerprint density at radius 3 is 2.72 bits per heavy atom. The van der Waals surface area contributed by atoms with Gasteiger partial charge in [0.2, 0.25) is 5.78 Å². The van der Waals surface area contributed by atoms with E-state index in [9.17, 15) is 25.2 Å². The number of fused-ring (bicyclic) bond motifs is 3. The predicted octanol–water partition coefficient (Wildman–Crippen LogP) is 2.67. The first-order chi connectivity index (χ1) is 13.6. The topological polar surface area (TPSA) is 116 Å². The lowest BCUT2D eigenvalue weighted by molar-refractivity contribution is 0.0385. The van der Waals surface area contributed by atoms with Crippen LogP contribution in [-0.2, 0) is 16.8 Å². The zero-order chi connectivity index (χ0) is 21.5. The van der Waals surface area contributed by atoms with Gasteiger partial charge in [0.15, 0.2) is 5.76 Å². The summed E-state index contributed by atoms with van der Waals surface area (Å²) in [5.74, 6) is -0.848. The monoisotopic (exact) mass is 404 g/mol. The third-order valence-corrected chi connectivity index (χ3v) is 6.10. The van der Waals surface area contributed by atoms with Crippen molar-refractivity contribution in [3.63, 3.8) is 0 Å². The number of ketones is 1. The van der Waals surface area contributed by atoms with Gasteiger partial charge in [0.05, 0.1) is 31.3 Å². The number of Topliss-reactive ketones (excluding diaryl/α,β-unsaturated/α-hetero) is 1. The Morgan fingerprint density at radius 1 is 1.38 bits per heavy atom. The molecular formula is C22H28O7. The Hall–Kier alpha value is -2.35. The highest BCUT2D eigenvalue weighted by molar-refractivity contribution is 6.09. The highest BCUT2D eigenvalue weighted by Crippen LogP contribution is 2.53. The van der Waals surface area contributed by atoms with Crippen molar-refractivity contribution in [2.75, 3.05) is 13.2 Å². The van der Waals surface area contributed by atoms with E-state index < -0.39 is 29.2 Å². The van der Waals surface area contributed by atoms with Gasteiger partial charge in [-0.25, -0.2) is 0 Å². The second kappa shape index (κ2) is 7.82. The van der Waals surface area contributed by atoms with Crippen molar-refractivity contribution in [2.45, 2.75) is 58.3 Å². The third kappa shape index (κ3) is 3.43. The molecule has 7 heteroatoms. The van der Waals surface area contributed by atoms with Crippen molar-refractivity contribution in [1.82, 2.24) is 0 Å². The second-order valence-electron chi connectivity index (χ2n) is 8.08. The molecule has 2 aliphatic heterocycles. The molecule has 0 saturated carbocycles. The quantitative estimate of drug-likeness (QED) is 0.570. The number of aromatic hydroxyl groups is 1. The summed E-state index contributed by atoms with van der Waals surface area (Å²) in [6.45, 7) is 7.06. The molecule has 7 nitrogen and oxygen atoms in total. The van der Waals surface area contributed by atoms with Crippen molar-refractivity contribution in [3.8, 4) is 11.5 Å². The van der Waals surface area contributed by atoms with Gasteiger partial charge in [-0.1, -0.05) is 11.6 Å². The number of aliphatic hydroxyl groups excluding tert-OH is 3. The molecule has 0 bridgehead atoms. The molecule has 0 amide bonds. The predicted molar refractivity (Wildman–Crippen MR) is 106 cm³/mol. The number of aliphatic hydroxyl groups is 3. The van der Waals surface area contributed by atoms with Crippen LogP contribution in [0.4, 0.5) is 0 Å². The summed E-state index contributed by atoms with van der Waals surface area (Å²) < 4.78 is 11.7. The number of carbonyl (C=O) groups is 1. The van der Waals surface area contributed by atoms with E-state index in [0.29, 0.717) is 22.4 Å². The number of carbonyl (C=O) groups excluding carboxylic acids is 1. The van der Waals surface area contributed by atoms with E-state index in [0.717, 1.165) is 5.57 Å². The number of phenols is 1. The molecule has 4 N–H and O–H groups in total. The molecule has 2 aliphatic rings. The Morgan fingerprint density at radius 2 is 2.07 bits per heavy atom. The standard InChI is InChI=1S/C22H28O7/c1-11(8-23)5-6-17(25)22(4)13(3)29-21-15-10-28-9-12(2)19(26)20(27)14(15)7-16(24)18(21)22/h5,7,13,17,23-26H,6,8-10H2,1-4H3/b11-5-,19-12+. The zero-order valence-corrected chi connectivity index (χ0v) is 17.2. The summed E-state index contributed by atoms with van der Waals surface area (Å²) in [5, 5.41) is 41.2. The van der Waals surface area contributed by atoms with Gasteiger partial charge in [-0.3, -0.25) is 4.79 Å². The fourth-order valence-electron chi connectivity index (χ4n) is 3.94. The van der Waals surface area contributed by atoms with Crippen LogP contribution < -0.4 is 4.74 Å². The number of hydrogen-bond donors (Lipinski definition) is 4. The van der Waals surface area contributed by atoms with Crippen molar-refractivity contribution >= 4 is 5.78 Å². The zero-order valence-electron chi connectivity index (χ0n) is 17.2. The number of rotatable bonds is 4. The van der Waals surface area contributed by atoms with E-state index >= 15 is 0 Å². The van der Waals surface area contributed by atoms with Gasteiger partial charge in [0.25, 0.3) is 0 Å². The molecule has 3 unspecified atom stereocenters. The summed E-state index contributed by atoms with van der Waals surface area (Å²) in [4.78, 5) is 12.7. The molecule has 158 valence electrons. The van der Waals surface area contributed by atoms with Crippen LogP contribution in [0.2, 0.25) is 0 Å². The fourth-order valence-corrected chi connectivity index (χ4v) is 3.94. The van der Waals surface area contributed by atoms with Gasteiger partial charge in [-0.15, -0.1) is 0 Å². The third-order valence-electron chi connectivity index (χ3n) is 6.10. The summed E-state index contributed by atoms with van der Waals surface area (Å²) in [6.07, 6.45) is 0.637. The van der Waals surface area contributed by atoms with Gasteiger partial charge < -0.3 is 29.9 Å². The molecule has 3 atom stereocenters. The van der Waals surface area contributed by atoms with E-state index in [1.54, 1.807) is 33.8 Å². The molecule has 3 rings (SSSR count). The van der Waals surface area contributed by atoms with Crippen LogP contribution in [-0.4, -0.2) is 51.6 Å². The smallest absolute Gasteiger partial charge is 0.227 e. The van der Waals surface area contributed by atoms with E-state index in [1.165, 1.54) is 6.07 Å². The lowest BCUT2D eigenvalue weighted by Crippen LogP contribution is -2.44. The van der Waals surface area contributed by atoms with Crippen LogP contribution >= 0.6 is 0 Å². The fraction of sp³-hybridized carbons (Fsp3) is 0.500. The average Bonchev–Trinajstić information content (AvgIpc) is 2.97. The Kier molecular flexibility index (Phi) is 5.76. The number of allylic oxidation sites excluding steroid dienone is 1. The molecule has 0 aliphatic carbocycles. The SMILES string of the molecule is C/C(=C/CC(O)C1(C)c2c(O)cc3c(c2OC1C)COC/C(C)=C(/O)C3=O)CO. The normalized spacial score (nSPS) is 28.3. The van der Waals surface area contributed by atoms with Gasteiger partial charge in [0.1, 0.15) is 17.6 Å². The minimum Gasteiger partial charge on any atom is -0.507 e.